The van der Waals surface area contributed by atoms with Crippen LogP contribution in [0.3, 0.4) is 0 Å². The minimum absolute atomic E-state index is 0.267. The molecule has 5 nitrogen and oxygen atoms in total. The second-order valence-electron chi connectivity index (χ2n) is 4.37. The summed E-state index contributed by atoms with van der Waals surface area (Å²) in [5.74, 6) is -0.582. The van der Waals surface area contributed by atoms with Crippen molar-refractivity contribution < 1.29 is 19.1 Å². The molecule has 0 atom stereocenters. The number of hydrogen-bond acceptors (Lipinski definition) is 5. The summed E-state index contributed by atoms with van der Waals surface area (Å²) in [5, 5.41) is 0.683. The number of allylic oxidation sites excluding steroid dienone is 1. The zero-order chi connectivity index (χ0) is 15.9. The maximum Gasteiger partial charge on any atom is 0.330 e. The molecule has 0 radical (unpaired) electrons. The van der Waals surface area contributed by atoms with Crippen LogP contribution >= 0.6 is 15.9 Å². The van der Waals surface area contributed by atoms with Crippen LogP contribution in [0.15, 0.2) is 24.3 Å². The molecular formula is C15H24BrNO4. The smallest absolute Gasteiger partial charge is 0.330 e. The Bertz CT molecular complexity index is 350. The normalized spacial score (nSPS) is 15.6. The quantitative estimate of drug-likeness (QED) is 0.427. The van der Waals surface area contributed by atoms with E-state index < -0.39 is 0 Å². The van der Waals surface area contributed by atoms with Gasteiger partial charge in [-0.1, -0.05) is 34.5 Å². The zero-order valence-electron chi connectivity index (χ0n) is 12.7. The summed E-state index contributed by atoms with van der Waals surface area (Å²) in [6, 6.07) is 0. The van der Waals surface area contributed by atoms with Crippen LogP contribution in [0.1, 0.15) is 19.3 Å². The molecule has 0 spiro atoms. The average molecular weight is 362 g/mol. The van der Waals surface area contributed by atoms with Crippen LogP contribution in [0.25, 0.3) is 0 Å². The number of ether oxygens (including phenoxy) is 2. The van der Waals surface area contributed by atoms with E-state index in [0.29, 0.717) is 5.33 Å². The highest BCUT2D eigenvalue weighted by atomic mass is 79.9. The number of halogens is 1. The summed E-state index contributed by atoms with van der Waals surface area (Å²) in [7, 11) is 2.74. The Balaban J connectivity index is 0.000000433. The van der Waals surface area contributed by atoms with Gasteiger partial charge < -0.3 is 9.47 Å². The van der Waals surface area contributed by atoms with Crippen LogP contribution in [0.2, 0.25) is 0 Å². The van der Waals surface area contributed by atoms with Crippen molar-refractivity contribution in [1.82, 2.24) is 4.90 Å². The number of carbonyl (C=O) groups is 2. The maximum atomic E-state index is 10.7. The van der Waals surface area contributed by atoms with E-state index in [2.05, 4.69) is 30.3 Å². The molecule has 1 aliphatic heterocycles. The first-order valence-corrected chi connectivity index (χ1v) is 8.03. The van der Waals surface area contributed by atoms with Gasteiger partial charge >= 0.3 is 11.9 Å². The minimum atomic E-state index is -0.315. The van der Waals surface area contributed by atoms with Crippen molar-refractivity contribution in [3.8, 4) is 0 Å². The Morgan fingerprint density at radius 3 is 2.00 bits per heavy atom. The number of esters is 2. The van der Waals surface area contributed by atoms with E-state index in [-0.39, 0.29) is 11.9 Å². The van der Waals surface area contributed by atoms with Crippen LogP contribution in [0, 0.1) is 0 Å². The van der Waals surface area contributed by atoms with Gasteiger partial charge in [-0.25, -0.2) is 9.59 Å². The Morgan fingerprint density at radius 1 is 1.00 bits per heavy atom. The Morgan fingerprint density at radius 2 is 1.52 bits per heavy atom. The van der Waals surface area contributed by atoms with E-state index in [1.54, 1.807) is 6.08 Å². The highest BCUT2D eigenvalue weighted by Crippen LogP contribution is 2.07. The Labute approximate surface area is 135 Å². The summed E-state index contributed by atoms with van der Waals surface area (Å²) in [6.45, 7) is 3.19. The summed E-state index contributed by atoms with van der Waals surface area (Å²) in [6.07, 6.45) is 10.3. The van der Waals surface area contributed by atoms with Crippen LogP contribution < -0.4 is 0 Å². The average Bonchev–Trinajstić information content (AvgIpc) is 2.54. The first-order chi connectivity index (χ1) is 10.1. The molecule has 6 heteroatoms. The molecule has 21 heavy (non-hydrogen) atoms. The van der Waals surface area contributed by atoms with Gasteiger partial charge in [0.2, 0.25) is 0 Å². The van der Waals surface area contributed by atoms with Gasteiger partial charge in [-0.15, -0.1) is 0 Å². The van der Waals surface area contributed by atoms with E-state index in [1.165, 1.54) is 45.6 Å². The molecule has 0 N–H and O–H groups in total. The van der Waals surface area contributed by atoms with Crippen molar-refractivity contribution >= 4 is 27.9 Å². The number of rotatable bonds is 5. The van der Waals surface area contributed by atoms with Gasteiger partial charge in [-0.2, -0.15) is 0 Å². The molecule has 1 fully saturated rings. The van der Waals surface area contributed by atoms with Gasteiger partial charge in [0.25, 0.3) is 0 Å². The predicted molar refractivity (Wildman–Crippen MR) is 86.4 cm³/mol. The first kappa shape index (κ1) is 19.9. The van der Waals surface area contributed by atoms with Crippen molar-refractivity contribution in [3.63, 3.8) is 0 Å². The van der Waals surface area contributed by atoms with Crippen LogP contribution in [0.4, 0.5) is 0 Å². The van der Waals surface area contributed by atoms with Crippen molar-refractivity contribution in [1.29, 1.82) is 0 Å². The summed E-state index contributed by atoms with van der Waals surface area (Å²) in [4.78, 5) is 23.3. The number of alkyl halides is 1. The third kappa shape index (κ3) is 12.3. The molecule has 0 unspecified atom stereocenters. The van der Waals surface area contributed by atoms with Gasteiger partial charge in [-0.3, -0.25) is 4.90 Å². The topological polar surface area (TPSA) is 55.8 Å². The van der Waals surface area contributed by atoms with E-state index in [0.717, 1.165) is 19.6 Å². The predicted octanol–water partition coefficient (Wildman–Crippen LogP) is 2.31. The summed E-state index contributed by atoms with van der Waals surface area (Å²) in [5.41, 5.74) is 0. The molecule has 1 saturated heterocycles. The molecule has 0 aliphatic carbocycles. The number of hydrogen-bond donors (Lipinski definition) is 0. The number of nitrogens with zero attached hydrogens (tertiary/aromatic N) is 1. The fraction of sp³-hybridized carbons (Fsp3) is 0.600. The van der Waals surface area contributed by atoms with Crippen molar-refractivity contribution in [2.45, 2.75) is 19.3 Å². The Hall–Kier alpha value is -1.14. The minimum Gasteiger partial charge on any atom is -0.466 e. The molecule has 1 rings (SSSR count). The standard InChI is InChI=1S/C10H17NO2.C5H7BrO2/c1-13-10(12)6-5-9-11-7-3-2-4-8-11;1-8-5(7)3-2-4-6/h5-6H,2-4,7-9H2,1H3;2-3H,4H2,1H3. The molecule has 120 valence electrons. The molecule has 1 aliphatic rings. The molecule has 0 saturated carbocycles. The molecule has 0 bridgehead atoms. The van der Waals surface area contributed by atoms with E-state index in [9.17, 15) is 9.59 Å². The third-order valence-corrected chi connectivity index (χ3v) is 3.19. The molecule has 0 aromatic carbocycles. The molecule has 1 heterocycles. The summed E-state index contributed by atoms with van der Waals surface area (Å²) < 4.78 is 8.80. The lowest BCUT2D eigenvalue weighted by Gasteiger charge is -2.24. The molecule has 0 amide bonds. The maximum absolute atomic E-state index is 10.7. The lowest BCUT2D eigenvalue weighted by atomic mass is 10.1. The Kier molecular flexibility index (Phi) is 13.1. The van der Waals surface area contributed by atoms with Crippen molar-refractivity contribution in [2.24, 2.45) is 0 Å². The van der Waals surface area contributed by atoms with Gasteiger partial charge in [0.1, 0.15) is 0 Å². The largest absolute Gasteiger partial charge is 0.466 e. The lowest BCUT2D eigenvalue weighted by molar-refractivity contribution is -0.135. The number of likely N-dealkylation sites (tertiary alicyclic amines) is 1. The highest BCUT2D eigenvalue weighted by Gasteiger charge is 2.07. The van der Waals surface area contributed by atoms with E-state index in [4.69, 9.17) is 0 Å². The SMILES string of the molecule is COC(=O)C=CCBr.COC(=O)C=CCN1CCCCC1. The summed E-state index contributed by atoms with van der Waals surface area (Å²) >= 11 is 3.11. The third-order valence-electron chi connectivity index (χ3n) is 2.81. The molecule has 0 aromatic rings. The van der Waals surface area contributed by atoms with Gasteiger partial charge in [0.05, 0.1) is 14.2 Å². The molecular weight excluding hydrogens is 338 g/mol. The van der Waals surface area contributed by atoms with Crippen molar-refractivity contribution in [3.05, 3.63) is 24.3 Å². The lowest BCUT2D eigenvalue weighted by Crippen LogP contribution is -2.29. The fourth-order valence-corrected chi connectivity index (χ4v) is 1.90. The van der Waals surface area contributed by atoms with E-state index in [1.807, 2.05) is 6.08 Å². The van der Waals surface area contributed by atoms with Gasteiger partial charge in [0, 0.05) is 24.0 Å². The monoisotopic (exact) mass is 361 g/mol. The van der Waals surface area contributed by atoms with Gasteiger partial charge in [0.15, 0.2) is 0 Å². The number of methoxy groups -OCH3 is 2. The second kappa shape index (κ2) is 13.8. The fourth-order valence-electron chi connectivity index (χ4n) is 1.72. The molecule has 0 aromatic heterocycles. The second-order valence-corrected chi connectivity index (χ2v) is 5.01. The number of carbonyl (C=O) groups excluding carboxylic acids is 2. The van der Waals surface area contributed by atoms with Gasteiger partial charge in [-0.05, 0) is 25.9 Å². The number of piperidine rings is 1. The van der Waals surface area contributed by atoms with E-state index >= 15 is 0 Å². The van der Waals surface area contributed by atoms with Crippen molar-refractivity contribution in [2.75, 3.05) is 39.2 Å². The highest BCUT2D eigenvalue weighted by molar-refractivity contribution is 9.09. The zero-order valence-corrected chi connectivity index (χ0v) is 14.3. The van der Waals surface area contributed by atoms with Crippen LogP contribution in [-0.2, 0) is 19.1 Å². The first-order valence-electron chi connectivity index (χ1n) is 6.91. The van der Waals surface area contributed by atoms with Crippen LogP contribution in [0.5, 0.6) is 0 Å². The van der Waals surface area contributed by atoms with Crippen LogP contribution in [-0.4, -0.2) is 56.0 Å².